The molecule has 0 atom stereocenters. The highest BCUT2D eigenvalue weighted by atomic mass is 32.2. The molecule has 10 heteroatoms. The van der Waals surface area contributed by atoms with Crippen molar-refractivity contribution in [3.63, 3.8) is 0 Å². The first-order valence-corrected chi connectivity index (χ1v) is 11.4. The van der Waals surface area contributed by atoms with Gasteiger partial charge in [-0.15, -0.1) is 4.40 Å². The number of hydrogen-bond donors (Lipinski definition) is 3. The molecule has 3 heterocycles. The average Bonchev–Trinajstić information content (AvgIpc) is 2.79. The van der Waals surface area contributed by atoms with Crippen molar-refractivity contribution in [2.75, 3.05) is 5.32 Å². The predicted octanol–water partition coefficient (Wildman–Crippen LogP) is 2.73. The Morgan fingerprint density at radius 1 is 1.03 bits per heavy atom. The van der Waals surface area contributed by atoms with Gasteiger partial charge in [0.25, 0.3) is 15.6 Å². The molecular formula is C23H18N4O5S. The van der Waals surface area contributed by atoms with Crippen LogP contribution in [0, 0.1) is 6.92 Å². The molecule has 5 rings (SSSR count). The number of anilines is 1. The number of phenols is 1. The largest absolute Gasteiger partial charge is 0.506 e. The van der Waals surface area contributed by atoms with Crippen LogP contribution in [0.15, 0.2) is 74.9 Å². The zero-order valence-electron chi connectivity index (χ0n) is 17.3. The third-order valence-corrected chi connectivity index (χ3v) is 6.82. The van der Waals surface area contributed by atoms with Gasteiger partial charge in [-0.1, -0.05) is 36.4 Å². The quantitative estimate of drug-likeness (QED) is 0.426. The summed E-state index contributed by atoms with van der Waals surface area (Å²) in [6, 6.07) is 15.2. The molecule has 166 valence electrons. The Hall–Kier alpha value is -4.18. The average molecular weight is 462 g/mol. The van der Waals surface area contributed by atoms with Crippen LogP contribution in [0.5, 0.6) is 11.5 Å². The second-order valence-electron chi connectivity index (χ2n) is 7.62. The van der Waals surface area contributed by atoms with Gasteiger partial charge in [-0.05, 0) is 36.2 Å². The number of aromatic nitrogens is 2. The number of amidine groups is 1. The molecule has 9 nitrogen and oxygen atoms in total. The van der Waals surface area contributed by atoms with E-state index < -0.39 is 27.1 Å². The topological polar surface area (TPSA) is 134 Å². The molecular weight excluding hydrogens is 444 g/mol. The van der Waals surface area contributed by atoms with Crippen molar-refractivity contribution in [3.8, 4) is 11.5 Å². The minimum atomic E-state index is -4.35. The molecule has 3 N–H and O–H groups in total. The standard InChI is InChI=1S/C23H18N4O5S/c1-13-9-10-16(28)20-18(13)25-21(26-33(20,31)32)17-19(29)15-8-5-11-24-22(15)27(23(17)30)12-14-6-3-2-4-7-14/h2-11,28-29H,12H2,1H3,(H,25,26). The lowest BCUT2D eigenvalue weighted by Gasteiger charge is -2.22. The summed E-state index contributed by atoms with van der Waals surface area (Å²) < 4.78 is 30.9. The van der Waals surface area contributed by atoms with Crippen molar-refractivity contribution in [3.05, 3.63) is 87.8 Å². The summed E-state index contributed by atoms with van der Waals surface area (Å²) in [5, 5.41) is 24.2. The van der Waals surface area contributed by atoms with E-state index in [1.807, 2.05) is 30.3 Å². The molecule has 1 aliphatic heterocycles. The molecule has 0 radical (unpaired) electrons. The van der Waals surface area contributed by atoms with Crippen LogP contribution in [-0.2, 0) is 16.6 Å². The molecule has 2 aromatic carbocycles. The summed E-state index contributed by atoms with van der Waals surface area (Å²) in [5.41, 5.74) is 0.722. The van der Waals surface area contributed by atoms with Crippen molar-refractivity contribution in [2.45, 2.75) is 18.4 Å². The summed E-state index contributed by atoms with van der Waals surface area (Å²) in [7, 11) is -4.35. The van der Waals surface area contributed by atoms with Crippen LogP contribution in [0.2, 0.25) is 0 Å². The molecule has 0 bridgehead atoms. The minimum absolute atomic E-state index is 0.0969. The van der Waals surface area contributed by atoms with E-state index in [1.165, 1.54) is 22.9 Å². The van der Waals surface area contributed by atoms with Crippen molar-refractivity contribution in [1.82, 2.24) is 9.55 Å². The summed E-state index contributed by atoms with van der Waals surface area (Å²) >= 11 is 0. The summed E-state index contributed by atoms with van der Waals surface area (Å²) in [6.45, 7) is 1.80. The summed E-state index contributed by atoms with van der Waals surface area (Å²) in [5.74, 6) is -1.22. The lowest BCUT2D eigenvalue weighted by atomic mass is 10.1. The molecule has 0 spiro atoms. The van der Waals surface area contributed by atoms with Gasteiger partial charge in [0.1, 0.15) is 22.7 Å². The Labute approximate surface area is 188 Å². The van der Waals surface area contributed by atoms with Crippen LogP contribution in [0.1, 0.15) is 16.7 Å². The Kier molecular flexibility index (Phi) is 4.68. The number of aryl methyl sites for hydroxylation is 1. The van der Waals surface area contributed by atoms with E-state index in [4.69, 9.17) is 0 Å². The molecule has 0 unspecified atom stereocenters. The number of nitrogens with zero attached hydrogens (tertiary/aromatic N) is 3. The van der Waals surface area contributed by atoms with E-state index in [0.717, 1.165) is 5.56 Å². The molecule has 0 amide bonds. The highest BCUT2D eigenvalue weighted by molar-refractivity contribution is 7.90. The number of sulfonamides is 1. The molecule has 0 saturated carbocycles. The smallest absolute Gasteiger partial charge is 0.290 e. The highest BCUT2D eigenvalue weighted by Gasteiger charge is 2.33. The molecule has 0 aliphatic carbocycles. The monoisotopic (exact) mass is 462 g/mol. The van der Waals surface area contributed by atoms with Gasteiger partial charge in [0.2, 0.25) is 0 Å². The second kappa shape index (κ2) is 7.45. The molecule has 4 aromatic rings. The molecule has 1 aliphatic rings. The van der Waals surface area contributed by atoms with Crippen molar-refractivity contribution >= 4 is 32.6 Å². The fourth-order valence-corrected chi connectivity index (χ4v) is 5.16. The van der Waals surface area contributed by atoms with Crippen molar-refractivity contribution < 1.29 is 18.6 Å². The van der Waals surface area contributed by atoms with E-state index in [1.54, 1.807) is 19.1 Å². The maximum absolute atomic E-state index is 13.6. The fourth-order valence-electron chi connectivity index (χ4n) is 3.89. The third kappa shape index (κ3) is 3.31. The maximum atomic E-state index is 13.6. The van der Waals surface area contributed by atoms with Gasteiger partial charge in [0.05, 0.1) is 17.6 Å². The number of rotatable bonds is 3. The van der Waals surface area contributed by atoms with Crippen LogP contribution < -0.4 is 10.9 Å². The van der Waals surface area contributed by atoms with Crippen LogP contribution in [-0.4, -0.2) is 34.0 Å². The van der Waals surface area contributed by atoms with Gasteiger partial charge in [0.15, 0.2) is 10.7 Å². The summed E-state index contributed by atoms with van der Waals surface area (Å²) in [6.07, 6.45) is 1.51. The Morgan fingerprint density at radius 3 is 2.55 bits per heavy atom. The molecule has 33 heavy (non-hydrogen) atoms. The lowest BCUT2D eigenvalue weighted by molar-refractivity contribution is 0.459. The molecule has 0 fully saturated rings. The van der Waals surface area contributed by atoms with Crippen molar-refractivity contribution in [1.29, 1.82) is 0 Å². The number of nitrogens with one attached hydrogen (secondary N) is 1. The third-order valence-electron chi connectivity index (χ3n) is 5.47. The molecule has 0 saturated heterocycles. The first-order chi connectivity index (χ1) is 15.8. The Bertz CT molecular complexity index is 1630. The van der Waals surface area contributed by atoms with Crippen LogP contribution in [0.25, 0.3) is 11.0 Å². The van der Waals surface area contributed by atoms with Gasteiger partial charge in [-0.25, -0.2) is 4.98 Å². The Balaban J connectivity index is 1.79. The van der Waals surface area contributed by atoms with E-state index >= 15 is 0 Å². The van der Waals surface area contributed by atoms with Crippen LogP contribution >= 0.6 is 0 Å². The predicted molar refractivity (Wildman–Crippen MR) is 123 cm³/mol. The van der Waals surface area contributed by atoms with E-state index in [-0.39, 0.29) is 39.6 Å². The molecule has 2 aromatic heterocycles. The number of pyridine rings is 2. The lowest BCUT2D eigenvalue weighted by Crippen LogP contribution is -2.33. The SMILES string of the molecule is Cc1ccc(O)c2c1NC(c1c(O)c3cccnc3n(Cc3ccccc3)c1=O)=NS2(=O)=O. The zero-order valence-corrected chi connectivity index (χ0v) is 18.2. The number of fused-ring (bicyclic) bond motifs is 2. The number of aromatic hydroxyl groups is 2. The maximum Gasteiger partial charge on any atom is 0.290 e. The number of phenolic OH excluding ortho intramolecular Hbond substituents is 1. The van der Waals surface area contributed by atoms with Crippen LogP contribution in [0.3, 0.4) is 0 Å². The van der Waals surface area contributed by atoms with Gasteiger partial charge in [-0.2, -0.15) is 8.42 Å². The van der Waals surface area contributed by atoms with Gasteiger partial charge in [-0.3, -0.25) is 9.36 Å². The zero-order chi connectivity index (χ0) is 23.3. The normalized spacial score (nSPS) is 14.4. The number of benzene rings is 2. The second-order valence-corrected chi connectivity index (χ2v) is 9.16. The Morgan fingerprint density at radius 2 is 1.79 bits per heavy atom. The first-order valence-electron chi connectivity index (χ1n) is 9.97. The van der Waals surface area contributed by atoms with Crippen LogP contribution in [0.4, 0.5) is 5.69 Å². The number of hydrogen-bond acceptors (Lipinski definition) is 7. The highest BCUT2D eigenvalue weighted by Crippen LogP contribution is 2.38. The van der Waals surface area contributed by atoms with Gasteiger partial charge in [0, 0.05) is 6.20 Å². The van der Waals surface area contributed by atoms with E-state index in [2.05, 4.69) is 14.7 Å². The summed E-state index contributed by atoms with van der Waals surface area (Å²) in [4.78, 5) is 17.5. The van der Waals surface area contributed by atoms with Crippen molar-refractivity contribution in [2.24, 2.45) is 4.40 Å². The van der Waals surface area contributed by atoms with E-state index in [0.29, 0.717) is 5.56 Å². The van der Waals surface area contributed by atoms with Gasteiger partial charge >= 0.3 is 0 Å². The first kappa shape index (κ1) is 20.7. The minimum Gasteiger partial charge on any atom is -0.506 e. The van der Waals surface area contributed by atoms with Gasteiger partial charge < -0.3 is 15.5 Å². The van der Waals surface area contributed by atoms with E-state index in [9.17, 15) is 23.4 Å². The fraction of sp³-hybridized carbons (Fsp3) is 0.0870.